The van der Waals surface area contributed by atoms with E-state index >= 15 is 0 Å². The summed E-state index contributed by atoms with van der Waals surface area (Å²) in [7, 11) is 3.72. The summed E-state index contributed by atoms with van der Waals surface area (Å²) in [6.07, 6.45) is -4.30. The molecule has 1 aliphatic heterocycles. The fraction of sp³-hybridized carbons (Fsp3) is 0.600. The van der Waals surface area contributed by atoms with E-state index in [4.69, 9.17) is 0 Å². The molecule has 118 valence electrons. The maximum absolute atomic E-state index is 13.0. The molecule has 0 aromatic heterocycles. The summed E-state index contributed by atoms with van der Waals surface area (Å²) in [5, 5.41) is 3.26. The number of piperazine rings is 1. The predicted molar refractivity (Wildman–Crippen MR) is 78.6 cm³/mol. The van der Waals surface area contributed by atoms with Crippen LogP contribution in [0.2, 0.25) is 0 Å². The van der Waals surface area contributed by atoms with E-state index in [1.807, 2.05) is 25.9 Å². The van der Waals surface area contributed by atoms with Crippen molar-refractivity contribution in [1.82, 2.24) is 10.2 Å². The molecule has 0 amide bonds. The first-order valence-electron chi connectivity index (χ1n) is 7.14. The van der Waals surface area contributed by atoms with Crippen LogP contribution in [0, 0.1) is 0 Å². The van der Waals surface area contributed by atoms with Gasteiger partial charge >= 0.3 is 6.18 Å². The highest BCUT2D eigenvalue weighted by Gasteiger charge is 2.32. The van der Waals surface area contributed by atoms with Gasteiger partial charge in [0.25, 0.3) is 0 Å². The smallest absolute Gasteiger partial charge is 0.377 e. The Morgan fingerprint density at radius 1 is 1.19 bits per heavy atom. The monoisotopic (exact) mass is 301 g/mol. The Balaban J connectivity index is 2.37. The van der Waals surface area contributed by atoms with Gasteiger partial charge in [-0.2, -0.15) is 13.2 Å². The number of nitrogens with zero attached hydrogens (tertiary/aromatic N) is 2. The Labute approximate surface area is 123 Å². The molecule has 1 atom stereocenters. The minimum Gasteiger partial charge on any atom is -0.377 e. The number of hydrogen-bond donors (Lipinski definition) is 1. The zero-order valence-corrected chi connectivity index (χ0v) is 12.7. The molecular formula is C15H22F3N3. The lowest BCUT2D eigenvalue weighted by molar-refractivity contribution is -0.137. The van der Waals surface area contributed by atoms with Crippen LogP contribution in [0.25, 0.3) is 0 Å². The van der Waals surface area contributed by atoms with Gasteiger partial charge in [0.1, 0.15) is 0 Å². The average molecular weight is 301 g/mol. The minimum absolute atomic E-state index is 0.0354. The van der Waals surface area contributed by atoms with Crippen LogP contribution in [-0.2, 0) is 6.18 Å². The van der Waals surface area contributed by atoms with Crippen molar-refractivity contribution >= 4 is 5.69 Å². The van der Waals surface area contributed by atoms with Gasteiger partial charge in [-0.3, -0.25) is 4.90 Å². The van der Waals surface area contributed by atoms with Gasteiger partial charge in [0.2, 0.25) is 0 Å². The molecule has 0 saturated carbocycles. The van der Waals surface area contributed by atoms with E-state index in [9.17, 15) is 13.2 Å². The number of rotatable bonds is 3. The zero-order chi connectivity index (χ0) is 15.6. The molecule has 2 rings (SSSR count). The SMILES string of the molecule is CC(c1cc(C(F)(F)F)ccc1N(C)C)N1CCNCC1. The molecule has 3 nitrogen and oxygen atoms in total. The fourth-order valence-electron chi connectivity index (χ4n) is 2.74. The standard InChI is InChI=1S/C15H22F3N3/c1-11(21-8-6-19-7-9-21)13-10-12(15(16,17)18)4-5-14(13)20(2)3/h4-5,10-11,19H,6-9H2,1-3H3. The van der Waals surface area contributed by atoms with Crippen LogP contribution < -0.4 is 10.2 Å². The van der Waals surface area contributed by atoms with E-state index in [-0.39, 0.29) is 6.04 Å². The van der Waals surface area contributed by atoms with E-state index in [1.165, 1.54) is 6.07 Å². The molecule has 1 heterocycles. The molecule has 1 N–H and O–H groups in total. The van der Waals surface area contributed by atoms with E-state index in [1.54, 1.807) is 6.07 Å². The number of hydrogen-bond acceptors (Lipinski definition) is 3. The van der Waals surface area contributed by atoms with Crippen molar-refractivity contribution in [3.63, 3.8) is 0 Å². The molecule has 1 aliphatic rings. The number of nitrogens with one attached hydrogen (secondary N) is 1. The van der Waals surface area contributed by atoms with Crippen LogP contribution in [0.15, 0.2) is 18.2 Å². The predicted octanol–water partition coefficient (Wildman–Crippen LogP) is 2.74. The Hall–Kier alpha value is -1.27. The molecule has 1 unspecified atom stereocenters. The summed E-state index contributed by atoms with van der Waals surface area (Å²) >= 11 is 0. The first kappa shape index (κ1) is 16.1. The van der Waals surface area contributed by atoms with Gasteiger partial charge in [-0.1, -0.05) is 0 Å². The summed E-state index contributed by atoms with van der Waals surface area (Å²) in [6, 6.07) is 3.98. The zero-order valence-electron chi connectivity index (χ0n) is 12.7. The van der Waals surface area contributed by atoms with Gasteiger partial charge in [-0.15, -0.1) is 0 Å². The quantitative estimate of drug-likeness (QED) is 0.926. The number of benzene rings is 1. The maximum atomic E-state index is 13.0. The Morgan fingerprint density at radius 3 is 2.33 bits per heavy atom. The number of anilines is 1. The third-order valence-corrected chi connectivity index (χ3v) is 3.99. The summed E-state index contributed by atoms with van der Waals surface area (Å²) < 4.78 is 38.9. The minimum atomic E-state index is -4.30. The first-order chi connectivity index (χ1) is 9.80. The van der Waals surface area contributed by atoms with Crippen LogP contribution in [0.3, 0.4) is 0 Å². The Morgan fingerprint density at radius 2 is 1.81 bits per heavy atom. The van der Waals surface area contributed by atoms with Crippen molar-refractivity contribution in [1.29, 1.82) is 0 Å². The molecule has 1 aromatic rings. The lowest BCUT2D eigenvalue weighted by Gasteiger charge is -2.35. The van der Waals surface area contributed by atoms with Crippen LogP contribution >= 0.6 is 0 Å². The third-order valence-electron chi connectivity index (χ3n) is 3.99. The number of halogens is 3. The van der Waals surface area contributed by atoms with Crippen LogP contribution in [0.5, 0.6) is 0 Å². The van der Waals surface area contributed by atoms with Crippen LogP contribution in [0.1, 0.15) is 24.1 Å². The van der Waals surface area contributed by atoms with Crippen molar-refractivity contribution in [3.05, 3.63) is 29.3 Å². The summed E-state index contributed by atoms with van der Waals surface area (Å²) in [5.74, 6) is 0. The Bertz CT molecular complexity index is 480. The highest BCUT2D eigenvalue weighted by atomic mass is 19.4. The molecule has 1 fully saturated rings. The van der Waals surface area contributed by atoms with E-state index < -0.39 is 11.7 Å². The summed E-state index contributed by atoms with van der Waals surface area (Å²) in [4.78, 5) is 4.09. The van der Waals surface area contributed by atoms with Crippen LogP contribution in [0.4, 0.5) is 18.9 Å². The van der Waals surface area contributed by atoms with Crippen molar-refractivity contribution in [2.24, 2.45) is 0 Å². The topological polar surface area (TPSA) is 18.5 Å². The molecule has 0 radical (unpaired) electrons. The van der Waals surface area contributed by atoms with Gasteiger partial charge in [-0.05, 0) is 30.7 Å². The highest BCUT2D eigenvalue weighted by Crippen LogP contribution is 2.36. The second-order valence-electron chi connectivity index (χ2n) is 5.63. The fourth-order valence-corrected chi connectivity index (χ4v) is 2.74. The van der Waals surface area contributed by atoms with E-state index in [2.05, 4.69) is 10.2 Å². The first-order valence-corrected chi connectivity index (χ1v) is 7.14. The largest absolute Gasteiger partial charge is 0.416 e. The molecule has 1 saturated heterocycles. The van der Waals surface area contributed by atoms with E-state index in [0.717, 1.165) is 43.5 Å². The van der Waals surface area contributed by atoms with E-state index in [0.29, 0.717) is 0 Å². The Kier molecular flexibility index (Phi) is 4.78. The molecule has 21 heavy (non-hydrogen) atoms. The van der Waals surface area contributed by atoms with Crippen LogP contribution in [-0.4, -0.2) is 45.2 Å². The molecule has 0 bridgehead atoms. The third kappa shape index (κ3) is 3.68. The molecule has 0 aliphatic carbocycles. The van der Waals surface area contributed by atoms with Gasteiger partial charge in [-0.25, -0.2) is 0 Å². The lowest BCUT2D eigenvalue weighted by Crippen LogP contribution is -2.44. The second kappa shape index (κ2) is 6.23. The molecule has 0 spiro atoms. The van der Waals surface area contributed by atoms with Crippen molar-refractivity contribution in [3.8, 4) is 0 Å². The molecular weight excluding hydrogens is 279 g/mol. The lowest BCUT2D eigenvalue weighted by atomic mass is 10.00. The van der Waals surface area contributed by atoms with Gasteiger partial charge < -0.3 is 10.2 Å². The van der Waals surface area contributed by atoms with Crippen molar-refractivity contribution in [2.45, 2.75) is 19.1 Å². The highest BCUT2D eigenvalue weighted by molar-refractivity contribution is 5.55. The molecule has 6 heteroatoms. The van der Waals surface area contributed by atoms with Gasteiger partial charge in [0.05, 0.1) is 5.56 Å². The maximum Gasteiger partial charge on any atom is 0.416 e. The van der Waals surface area contributed by atoms with Crippen molar-refractivity contribution in [2.75, 3.05) is 45.2 Å². The van der Waals surface area contributed by atoms with Crippen molar-refractivity contribution < 1.29 is 13.2 Å². The number of alkyl halides is 3. The van der Waals surface area contributed by atoms with Gasteiger partial charge in [0, 0.05) is 52.0 Å². The van der Waals surface area contributed by atoms with Gasteiger partial charge in [0.15, 0.2) is 0 Å². The second-order valence-corrected chi connectivity index (χ2v) is 5.63. The summed E-state index contributed by atoms with van der Waals surface area (Å²) in [6.45, 7) is 5.43. The summed E-state index contributed by atoms with van der Waals surface area (Å²) in [5.41, 5.74) is 0.996. The average Bonchev–Trinajstić information content (AvgIpc) is 2.45. The molecule has 1 aromatic carbocycles. The normalized spacial score (nSPS) is 18.6.